The third kappa shape index (κ3) is 4.61. The van der Waals surface area contributed by atoms with Crippen molar-refractivity contribution in [2.75, 3.05) is 0 Å². The summed E-state index contributed by atoms with van der Waals surface area (Å²) >= 11 is 5.90. The van der Waals surface area contributed by atoms with Crippen molar-refractivity contribution in [3.8, 4) is 5.75 Å². The summed E-state index contributed by atoms with van der Waals surface area (Å²) in [6, 6.07) is 5.47. The Bertz CT molecular complexity index is 498. The number of rotatable bonds is 4. The van der Waals surface area contributed by atoms with Gasteiger partial charge in [0.15, 0.2) is 6.10 Å². The molecule has 0 spiro atoms. The maximum absolute atomic E-state index is 12.2. The van der Waals surface area contributed by atoms with Gasteiger partial charge in [0, 0.05) is 11.1 Å². The second-order valence-electron chi connectivity index (χ2n) is 5.68. The molecule has 116 valence electrons. The summed E-state index contributed by atoms with van der Waals surface area (Å²) in [7, 11) is 0. The van der Waals surface area contributed by atoms with E-state index < -0.39 is 6.10 Å². The fourth-order valence-corrected chi connectivity index (χ4v) is 2.75. The van der Waals surface area contributed by atoms with Crippen LogP contribution >= 0.6 is 11.6 Å². The van der Waals surface area contributed by atoms with Crippen molar-refractivity contribution >= 4 is 17.5 Å². The molecule has 0 saturated heterocycles. The maximum atomic E-state index is 12.2. The molecule has 1 aromatic rings. The van der Waals surface area contributed by atoms with E-state index in [4.69, 9.17) is 16.3 Å². The van der Waals surface area contributed by atoms with Gasteiger partial charge in [-0.1, -0.05) is 11.6 Å². The van der Waals surface area contributed by atoms with Crippen molar-refractivity contribution in [3.05, 3.63) is 28.8 Å². The standard InChI is InChI=1S/C16H22ClNO3/c1-10-9-12(17)3-8-15(10)21-11(2)16(20)18-13-4-6-14(19)7-5-13/h3,8-9,11,13-14,19H,4-7H2,1-2H3,(H,18,20). The lowest BCUT2D eigenvalue weighted by atomic mass is 9.93. The quantitative estimate of drug-likeness (QED) is 0.899. The van der Waals surface area contributed by atoms with Gasteiger partial charge in [-0.25, -0.2) is 0 Å². The number of hydrogen-bond donors (Lipinski definition) is 2. The molecule has 1 aliphatic carbocycles. The lowest BCUT2D eigenvalue weighted by molar-refractivity contribution is -0.128. The molecule has 21 heavy (non-hydrogen) atoms. The first-order valence-corrected chi connectivity index (χ1v) is 7.74. The van der Waals surface area contributed by atoms with Gasteiger partial charge in [-0.2, -0.15) is 0 Å². The maximum Gasteiger partial charge on any atom is 0.260 e. The molecule has 1 atom stereocenters. The molecule has 1 aliphatic rings. The molecule has 0 aliphatic heterocycles. The Morgan fingerprint density at radius 1 is 1.38 bits per heavy atom. The van der Waals surface area contributed by atoms with Gasteiger partial charge in [-0.3, -0.25) is 4.79 Å². The van der Waals surface area contributed by atoms with E-state index in [1.807, 2.05) is 13.0 Å². The number of aliphatic hydroxyl groups excluding tert-OH is 1. The van der Waals surface area contributed by atoms with Crippen LogP contribution in [0, 0.1) is 6.92 Å². The Balaban J connectivity index is 1.87. The van der Waals surface area contributed by atoms with Crippen LogP contribution in [-0.4, -0.2) is 29.3 Å². The fraction of sp³-hybridized carbons (Fsp3) is 0.562. The highest BCUT2D eigenvalue weighted by atomic mass is 35.5. The summed E-state index contributed by atoms with van der Waals surface area (Å²) in [4.78, 5) is 12.2. The van der Waals surface area contributed by atoms with Crippen LogP contribution in [0.25, 0.3) is 0 Å². The largest absolute Gasteiger partial charge is 0.481 e. The van der Waals surface area contributed by atoms with E-state index >= 15 is 0 Å². The molecule has 0 aromatic heterocycles. The van der Waals surface area contributed by atoms with Crippen LogP contribution in [0.4, 0.5) is 0 Å². The van der Waals surface area contributed by atoms with E-state index in [1.54, 1.807) is 19.1 Å². The predicted octanol–water partition coefficient (Wildman–Crippen LogP) is 2.84. The van der Waals surface area contributed by atoms with Crippen LogP contribution < -0.4 is 10.1 Å². The summed E-state index contributed by atoms with van der Waals surface area (Å²) in [5, 5.41) is 13.1. The first kappa shape index (κ1) is 16.1. The number of carbonyl (C=O) groups excluding carboxylic acids is 1. The number of hydrogen-bond acceptors (Lipinski definition) is 3. The van der Waals surface area contributed by atoms with Crippen molar-refractivity contribution in [1.82, 2.24) is 5.32 Å². The van der Waals surface area contributed by atoms with Crippen LogP contribution in [0.15, 0.2) is 18.2 Å². The van der Waals surface area contributed by atoms with E-state index in [9.17, 15) is 9.90 Å². The van der Waals surface area contributed by atoms with Crippen LogP contribution in [-0.2, 0) is 4.79 Å². The van der Waals surface area contributed by atoms with Gasteiger partial charge in [0.2, 0.25) is 0 Å². The third-order valence-electron chi connectivity index (χ3n) is 3.85. The minimum absolute atomic E-state index is 0.120. The highest BCUT2D eigenvalue weighted by Crippen LogP contribution is 2.23. The topological polar surface area (TPSA) is 58.6 Å². The highest BCUT2D eigenvalue weighted by molar-refractivity contribution is 6.30. The SMILES string of the molecule is Cc1cc(Cl)ccc1OC(C)C(=O)NC1CCC(O)CC1. The molecule has 0 radical (unpaired) electrons. The monoisotopic (exact) mass is 311 g/mol. The number of benzene rings is 1. The van der Waals surface area contributed by atoms with E-state index in [0.717, 1.165) is 31.2 Å². The van der Waals surface area contributed by atoms with Crippen LogP contribution in [0.1, 0.15) is 38.2 Å². The molecule has 4 nitrogen and oxygen atoms in total. The molecule has 5 heteroatoms. The zero-order chi connectivity index (χ0) is 15.4. The fourth-order valence-electron chi connectivity index (χ4n) is 2.53. The predicted molar refractivity (Wildman–Crippen MR) is 82.7 cm³/mol. The summed E-state index contributed by atoms with van der Waals surface area (Å²) in [6.07, 6.45) is 2.35. The molecule has 1 unspecified atom stereocenters. The number of ether oxygens (including phenoxy) is 1. The average Bonchev–Trinajstić information content (AvgIpc) is 2.44. The van der Waals surface area contributed by atoms with Gasteiger partial charge in [0.25, 0.3) is 5.91 Å². The lowest BCUT2D eigenvalue weighted by Crippen LogP contribution is -2.44. The zero-order valence-electron chi connectivity index (χ0n) is 12.4. The van der Waals surface area contributed by atoms with E-state index in [-0.39, 0.29) is 18.1 Å². The lowest BCUT2D eigenvalue weighted by Gasteiger charge is -2.27. The second-order valence-corrected chi connectivity index (χ2v) is 6.12. The van der Waals surface area contributed by atoms with Gasteiger partial charge in [-0.15, -0.1) is 0 Å². The van der Waals surface area contributed by atoms with Crippen molar-refractivity contribution in [2.45, 2.75) is 57.8 Å². The molecule has 1 fully saturated rings. The van der Waals surface area contributed by atoms with Gasteiger partial charge >= 0.3 is 0 Å². The molecule has 0 bridgehead atoms. The van der Waals surface area contributed by atoms with Crippen molar-refractivity contribution in [3.63, 3.8) is 0 Å². The number of aryl methyl sites for hydroxylation is 1. The van der Waals surface area contributed by atoms with E-state index in [0.29, 0.717) is 10.8 Å². The van der Waals surface area contributed by atoms with Crippen LogP contribution in [0.3, 0.4) is 0 Å². The van der Waals surface area contributed by atoms with Crippen molar-refractivity contribution in [2.24, 2.45) is 0 Å². The molecular weight excluding hydrogens is 290 g/mol. The van der Waals surface area contributed by atoms with E-state index in [1.165, 1.54) is 0 Å². The summed E-state index contributed by atoms with van der Waals surface area (Å²) in [5.41, 5.74) is 0.905. The molecule has 2 rings (SSSR count). The molecule has 1 aromatic carbocycles. The first-order chi connectivity index (χ1) is 9.95. The Labute approximate surface area is 130 Å². The average molecular weight is 312 g/mol. The number of amides is 1. The molecule has 1 saturated carbocycles. The number of carbonyl (C=O) groups is 1. The summed E-state index contributed by atoms with van der Waals surface area (Å²) < 4.78 is 5.70. The smallest absolute Gasteiger partial charge is 0.260 e. The van der Waals surface area contributed by atoms with Crippen LogP contribution in [0.2, 0.25) is 5.02 Å². The Kier molecular flexibility index (Phi) is 5.48. The van der Waals surface area contributed by atoms with E-state index in [2.05, 4.69) is 5.32 Å². The Morgan fingerprint density at radius 2 is 2.05 bits per heavy atom. The molecular formula is C16H22ClNO3. The van der Waals surface area contributed by atoms with Crippen LogP contribution in [0.5, 0.6) is 5.75 Å². The molecule has 1 amide bonds. The van der Waals surface area contributed by atoms with Gasteiger partial charge in [-0.05, 0) is 63.3 Å². The van der Waals surface area contributed by atoms with Crippen molar-refractivity contribution in [1.29, 1.82) is 0 Å². The van der Waals surface area contributed by atoms with Crippen molar-refractivity contribution < 1.29 is 14.6 Å². The normalized spacial score (nSPS) is 23.4. The minimum Gasteiger partial charge on any atom is -0.481 e. The zero-order valence-corrected chi connectivity index (χ0v) is 13.2. The van der Waals surface area contributed by atoms with Gasteiger partial charge < -0.3 is 15.2 Å². The summed E-state index contributed by atoms with van der Waals surface area (Å²) in [6.45, 7) is 3.63. The van der Waals surface area contributed by atoms with Gasteiger partial charge in [0.1, 0.15) is 5.75 Å². The van der Waals surface area contributed by atoms with Gasteiger partial charge in [0.05, 0.1) is 6.10 Å². The second kappa shape index (κ2) is 7.14. The first-order valence-electron chi connectivity index (χ1n) is 7.37. The third-order valence-corrected chi connectivity index (χ3v) is 4.09. The Morgan fingerprint density at radius 3 is 2.67 bits per heavy atom. The minimum atomic E-state index is -0.559. The molecule has 0 heterocycles. The Hall–Kier alpha value is -1.26. The summed E-state index contributed by atoms with van der Waals surface area (Å²) in [5.74, 6) is 0.548. The highest BCUT2D eigenvalue weighted by Gasteiger charge is 2.23. The number of nitrogens with one attached hydrogen (secondary N) is 1. The molecule has 2 N–H and O–H groups in total. The number of halogens is 1. The number of aliphatic hydroxyl groups is 1.